The van der Waals surface area contributed by atoms with Crippen molar-refractivity contribution in [2.24, 2.45) is 21.8 Å². The summed E-state index contributed by atoms with van der Waals surface area (Å²) in [4.78, 5) is 18.0. The summed E-state index contributed by atoms with van der Waals surface area (Å²) < 4.78 is 55.8. The minimum absolute atomic E-state index is 0.0529. The monoisotopic (exact) mass is 526 g/mol. The minimum atomic E-state index is -3.99. The molecule has 0 rings (SSSR count). The van der Waals surface area contributed by atoms with Crippen molar-refractivity contribution in [3.8, 4) is 0 Å². The van der Waals surface area contributed by atoms with Crippen LogP contribution in [0.4, 0.5) is 0 Å². The molecule has 0 radical (unpaired) electrons. The summed E-state index contributed by atoms with van der Waals surface area (Å²) in [5.74, 6) is 2.00. The Morgan fingerprint density at radius 1 is 0.710 bits per heavy atom. The Kier molecular flexibility index (Phi) is 14.3. The zero-order valence-electron chi connectivity index (χ0n) is 19.0. The molecule has 0 aromatic rings. The average molecular weight is 527 g/mol. The molecule has 0 aromatic carbocycles. The van der Waals surface area contributed by atoms with Crippen molar-refractivity contribution in [3.63, 3.8) is 0 Å². The second kappa shape index (κ2) is 14.0. The highest BCUT2D eigenvalue weighted by Gasteiger charge is 2.24. The van der Waals surface area contributed by atoms with Gasteiger partial charge in [0.15, 0.2) is 0 Å². The standard InChI is InChI=1S/C17H40N2O8P2S2/c1-16(2,14-26-28(18,20)21)8-5-10-30(24)12-7-13-31(25)11-6-9-17(3,4)15-27-29(19,22)23/h5-15H2,1-4H3,(H3,18,20,21)(H3,19,22,23). The first-order chi connectivity index (χ1) is 13.9. The fraction of sp³-hybridized carbons (Fsp3) is 1.00. The SMILES string of the molecule is CC(C)(CCCS(=O)CCCS(=O)CCCC(C)(C)COP(N)(=O)O)COP(N)(=O)O. The summed E-state index contributed by atoms with van der Waals surface area (Å²) in [5.41, 5.74) is 9.24. The van der Waals surface area contributed by atoms with Gasteiger partial charge in [-0.15, -0.1) is 0 Å². The highest BCUT2D eigenvalue weighted by molar-refractivity contribution is 7.85. The molecule has 0 aliphatic rings. The quantitative estimate of drug-likeness (QED) is 0.194. The molecule has 0 amide bonds. The zero-order valence-corrected chi connectivity index (χ0v) is 22.4. The van der Waals surface area contributed by atoms with Crippen LogP contribution >= 0.6 is 15.5 Å². The van der Waals surface area contributed by atoms with Crippen LogP contribution in [0.2, 0.25) is 0 Å². The van der Waals surface area contributed by atoms with Gasteiger partial charge >= 0.3 is 15.5 Å². The van der Waals surface area contributed by atoms with Crippen LogP contribution in [0.25, 0.3) is 0 Å². The molecule has 6 N–H and O–H groups in total. The molecular weight excluding hydrogens is 486 g/mol. The molecule has 4 atom stereocenters. The molecule has 188 valence electrons. The van der Waals surface area contributed by atoms with Crippen molar-refractivity contribution in [2.75, 3.05) is 36.2 Å². The lowest BCUT2D eigenvalue weighted by Crippen LogP contribution is -2.21. The molecule has 10 nitrogen and oxygen atoms in total. The fourth-order valence-electron chi connectivity index (χ4n) is 2.69. The minimum Gasteiger partial charge on any atom is -0.313 e. The van der Waals surface area contributed by atoms with E-state index in [0.717, 1.165) is 0 Å². The molecule has 14 heteroatoms. The van der Waals surface area contributed by atoms with E-state index in [4.69, 9.17) is 29.8 Å². The van der Waals surface area contributed by atoms with E-state index < -0.39 is 37.1 Å². The van der Waals surface area contributed by atoms with Gasteiger partial charge in [-0.3, -0.25) is 17.5 Å². The predicted molar refractivity (Wildman–Crippen MR) is 126 cm³/mol. The van der Waals surface area contributed by atoms with Gasteiger partial charge in [0.05, 0.1) is 13.2 Å². The van der Waals surface area contributed by atoms with E-state index in [9.17, 15) is 17.5 Å². The zero-order chi connectivity index (χ0) is 24.3. The Bertz CT molecular complexity index is 623. The van der Waals surface area contributed by atoms with Gasteiger partial charge in [-0.25, -0.2) is 20.1 Å². The van der Waals surface area contributed by atoms with Crippen molar-refractivity contribution in [2.45, 2.75) is 59.8 Å². The Labute approximate surface area is 191 Å². The first-order valence-electron chi connectivity index (χ1n) is 10.1. The molecule has 0 aromatic heterocycles. The highest BCUT2D eigenvalue weighted by Crippen LogP contribution is 2.36. The van der Waals surface area contributed by atoms with Gasteiger partial charge in [0, 0.05) is 44.6 Å². The van der Waals surface area contributed by atoms with E-state index in [1.165, 1.54) is 0 Å². The van der Waals surface area contributed by atoms with Crippen molar-refractivity contribution in [1.82, 2.24) is 0 Å². The lowest BCUT2D eigenvalue weighted by Gasteiger charge is -2.24. The van der Waals surface area contributed by atoms with E-state index in [0.29, 0.717) is 55.1 Å². The number of hydrogen-bond donors (Lipinski definition) is 4. The molecule has 0 fully saturated rings. The Balaban J connectivity index is 3.95. The summed E-state index contributed by atoms with van der Waals surface area (Å²) in [7, 11) is -9.99. The van der Waals surface area contributed by atoms with E-state index in [2.05, 4.69) is 0 Å². The predicted octanol–water partition coefficient (Wildman–Crippen LogP) is 2.64. The molecular formula is C17H40N2O8P2S2. The molecule has 4 unspecified atom stereocenters. The Morgan fingerprint density at radius 2 is 1.00 bits per heavy atom. The van der Waals surface area contributed by atoms with Gasteiger partial charge in [-0.2, -0.15) is 0 Å². The van der Waals surface area contributed by atoms with Gasteiger partial charge in [-0.05, 0) is 42.9 Å². The summed E-state index contributed by atoms with van der Waals surface area (Å²) >= 11 is 0. The number of hydrogen-bond acceptors (Lipinski definition) is 6. The van der Waals surface area contributed by atoms with Gasteiger partial charge in [0.2, 0.25) is 0 Å². The smallest absolute Gasteiger partial charge is 0.313 e. The van der Waals surface area contributed by atoms with Crippen molar-refractivity contribution >= 4 is 37.1 Å². The van der Waals surface area contributed by atoms with Crippen LogP contribution in [0.1, 0.15) is 59.8 Å². The fourth-order valence-corrected chi connectivity index (χ4v) is 6.21. The van der Waals surface area contributed by atoms with Crippen LogP contribution < -0.4 is 11.0 Å². The molecule has 0 spiro atoms. The van der Waals surface area contributed by atoms with Gasteiger partial charge < -0.3 is 9.79 Å². The van der Waals surface area contributed by atoms with Gasteiger partial charge in [-0.1, -0.05) is 27.7 Å². The molecule has 0 saturated carbocycles. The maximum Gasteiger partial charge on any atom is 0.400 e. The maximum atomic E-state index is 12.1. The summed E-state index contributed by atoms with van der Waals surface area (Å²) in [6.07, 6.45) is 3.35. The van der Waals surface area contributed by atoms with Crippen LogP contribution in [0.3, 0.4) is 0 Å². The lowest BCUT2D eigenvalue weighted by atomic mass is 9.89. The van der Waals surface area contributed by atoms with Crippen LogP contribution in [0.15, 0.2) is 0 Å². The normalized spacial score (nSPS) is 18.8. The first-order valence-corrected chi connectivity index (χ1v) is 16.4. The topological polar surface area (TPSA) is 179 Å². The second-order valence-corrected chi connectivity index (χ2v) is 15.4. The van der Waals surface area contributed by atoms with Crippen molar-refractivity contribution in [1.29, 1.82) is 0 Å². The third-order valence-electron chi connectivity index (χ3n) is 4.48. The maximum absolute atomic E-state index is 12.1. The van der Waals surface area contributed by atoms with E-state index in [1.54, 1.807) is 0 Å². The second-order valence-electron chi connectivity index (χ2n) is 9.26. The van der Waals surface area contributed by atoms with Crippen molar-refractivity contribution in [3.05, 3.63) is 0 Å². The van der Waals surface area contributed by atoms with Crippen LogP contribution in [-0.2, 0) is 39.8 Å². The molecule has 0 aliphatic heterocycles. The molecule has 0 bridgehead atoms. The Hall–Kier alpha value is 0.520. The average Bonchev–Trinajstić information content (AvgIpc) is 2.57. The van der Waals surface area contributed by atoms with Gasteiger partial charge in [0.25, 0.3) is 0 Å². The molecule has 0 aliphatic carbocycles. The van der Waals surface area contributed by atoms with E-state index >= 15 is 0 Å². The first kappa shape index (κ1) is 31.5. The number of nitrogens with two attached hydrogens (primary N) is 2. The Morgan fingerprint density at radius 3 is 1.29 bits per heavy atom. The van der Waals surface area contributed by atoms with Crippen molar-refractivity contribution < 1.29 is 36.4 Å². The van der Waals surface area contributed by atoms with Gasteiger partial charge in [0.1, 0.15) is 0 Å². The van der Waals surface area contributed by atoms with Crippen LogP contribution in [0.5, 0.6) is 0 Å². The lowest BCUT2D eigenvalue weighted by molar-refractivity contribution is 0.151. The largest absolute Gasteiger partial charge is 0.400 e. The van der Waals surface area contributed by atoms with E-state index in [1.807, 2.05) is 27.7 Å². The third-order valence-corrected chi connectivity index (χ3v) is 8.45. The number of rotatable bonds is 18. The summed E-state index contributed by atoms with van der Waals surface area (Å²) in [6.45, 7) is 7.66. The summed E-state index contributed by atoms with van der Waals surface area (Å²) in [5, 5.41) is 0. The van der Waals surface area contributed by atoms with E-state index in [-0.39, 0.29) is 24.0 Å². The molecule has 0 saturated heterocycles. The molecule has 0 heterocycles. The van der Waals surface area contributed by atoms with Crippen LogP contribution in [0, 0.1) is 10.8 Å². The highest BCUT2D eigenvalue weighted by atomic mass is 32.2. The third kappa shape index (κ3) is 20.8. The molecule has 31 heavy (non-hydrogen) atoms. The summed E-state index contributed by atoms with van der Waals surface area (Å²) in [6, 6.07) is 0. The van der Waals surface area contributed by atoms with Crippen LogP contribution in [-0.4, -0.2) is 54.4 Å².